The van der Waals surface area contributed by atoms with Crippen LogP contribution in [0.2, 0.25) is 0 Å². The Labute approximate surface area is 465 Å². The summed E-state index contributed by atoms with van der Waals surface area (Å²) in [5.41, 5.74) is 0. The molecule has 0 aromatic carbocycles. The molecule has 7 atom stereocenters. The monoisotopic (exact) mass is 1060 g/mol. The molecule has 9 nitrogen and oxygen atoms in total. The van der Waals surface area contributed by atoms with Crippen molar-refractivity contribution in [2.75, 3.05) is 13.2 Å². The average Bonchev–Trinajstić information content (AvgIpc) is 3.42. The highest BCUT2D eigenvalue weighted by molar-refractivity contribution is 5.76. The van der Waals surface area contributed by atoms with Crippen LogP contribution in [-0.4, -0.2) is 87.5 Å². The van der Waals surface area contributed by atoms with Crippen molar-refractivity contribution in [2.24, 2.45) is 0 Å². The van der Waals surface area contributed by atoms with Gasteiger partial charge in [0.05, 0.1) is 25.4 Å². The number of rotatable bonds is 51. The van der Waals surface area contributed by atoms with E-state index < -0.39 is 49.5 Å². The first-order chi connectivity index (χ1) is 37.3. The van der Waals surface area contributed by atoms with E-state index in [1.54, 1.807) is 6.08 Å². The molecule has 1 aliphatic rings. The van der Waals surface area contributed by atoms with Gasteiger partial charge in [0, 0.05) is 6.42 Å². The minimum Gasteiger partial charge on any atom is -0.394 e. The molecule has 6 N–H and O–H groups in total. The molecule has 1 heterocycles. The number of carbonyl (C=O) groups excluding carboxylic acids is 1. The molecule has 1 saturated heterocycles. The van der Waals surface area contributed by atoms with Crippen molar-refractivity contribution < 1.29 is 39.8 Å². The van der Waals surface area contributed by atoms with E-state index in [0.29, 0.717) is 6.42 Å². The standard InChI is InChI=1S/C67H113NO8/c1-3-5-7-9-11-13-15-17-19-20-21-22-23-24-25-26-27-28-29-30-31-32-33-34-35-36-37-38-39-40-41-42-43-45-47-49-51-53-55-57-63(71)68-60(59-75-67-66(74)65(73)64(72)62(58-69)76-67)61(70)56-54-52-50-48-46-44-18-16-14-12-10-8-6-4-2/h5,7,11,13-14,16-17,19,21-22,24-25,27-28,30-31,46,48,54,56,60-62,64-67,69-70,72-74H,3-4,6,8-10,12,15,18,20,23,26,29,32-45,47,49-53,55,57-59H2,1-2H3,(H,68,71)/b7-5-,13-11-,16-14+,19-17-,22-21-,25-24-,28-27-,31-30-,48-46+,56-54+. The van der Waals surface area contributed by atoms with Gasteiger partial charge in [-0.1, -0.05) is 251 Å². The van der Waals surface area contributed by atoms with Crippen molar-refractivity contribution in [3.63, 3.8) is 0 Å². The fourth-order valence-corrected chi connectivity index (χ4v) is 8.93. The van der Waals surface area contributed by atoms with Crippen LogP contribution >= 0.6 is 0 Å². The van der Waals surface area contributed by atoms with Crippen molar-refractivity contribution in [2.45, 2.75) is 281 Å². The Balaban J connectivity index is 2.11. The number of aliphatic hydroxyl groups is 5. The van der Waals surface area contributed by atoms with Gasteiger partial charge in [-0.15, -0.1) is 0 Å². The molecule has 1 aliphatic heterocycles. The SMILES string of the molecule is CC/C=C\C/C=C\C/C=C\C/C=C\C/C=C\C/C=C\C/C=C\CCCCCCCCCCCCCCCCCCCC(=O)NC(COC1OC(CO)C(O)C(O)C1O)C(O)/C=C/CC/C=C/CC/C=C/CCCCCC. The molecule has 434 valence electrons. The highest BCUT2D eigenvalue weighted by Crippen LogP contribution is 2.23. The van der Waals surface area contributed by atoms with E-state index in [0.717, 1.165) is 96.3 Å². The summed E-state index contributed by atoms with van der Waals surface area (Å²) >= 11 is 0. The number of hydrogen-bond donors (Lipinski definition) is 6. The fraction of sp³-hybridized carbons (Fsp3) is 0.687. The zero-order chi connectivity index (χ0) is 55.0. The lowest BCUT2D eigenvalue weighted by Crippen LogP contribution is -2.60. The number of carbonyl (C=O) groups is 1. The van der Waals surface area contributed by atoms with Crippen molar-refractivity contribution in [3.8, 4) is 0 Å². The maximum Gasteiger partial charge on any atom is 0.220 e. The van der Waals surface area contributed by atoms with Gasteiger partial charge in [-0.05, 0) is 103 Å². The van der Waals surface area contributed by atoms with Crippen LogP contribution in [-0.2, 0) is 14.3 Å². The highest BCUT2D eigenvalue weighted by Gasteiger charge is 2.44. The van der Waals surface area contributed by atoms with Crippen molar-refractivity contribution in [3.05, 3.63) is 122 Å². The molecule has 1 amide bonds. The molecule has 76 heavy (non-hydrogen) atoms. The molecule has 0 spiro atoms. The summed E-state index contributed by atoms with van der Waals surface area (Å²) in [5, 5.41) is 54.4. The molecule has 0 aliphatic carbocycles. The molecule has 9 heteroatoms. The van der Waals surface area contributed by atoms with Crippen molar-refractivity contribution in [1.82, 2.24) is 5.32 Å². The molecule has 0 saturated carbocycles. The van der Waals surface area contributed by atoms with Crippen molar-refractivity contribution in [1.29, 1.82) is 0 Å². The smallest absolute Gasteiger partial charge is 0.220 e. The van der Waals surface area contributed by atoms with Gasteiger partial charge in [0.15, 0.2) is 6.29 Å². The topological polar surface area (TPSA) is 149 Å². The number of aliphatic hydroxyl groups excluding tert-OH is 5. The number of hydrogen-bond acceptors (Lipinski definition) is 8. The Bertz CT molecular complexity index is 1610. The van der Waals surface area contributed by atoms with Crippen LogP contribution in [0.3, 0.4) is 0 Å². The predicted molar refractivity (Wildman–Crippen MR) is 322 cm³/mol. The van der Waals surface area contributed by atoms with Gasteiger partial charge in [-0.25, -0.2) is 0 Å². The normalized spacial score (nSPS) is 19.7. The number of unbranched alkanes of at least 4 members (excludes halogenated alkanes) is 23. The van der Waals surface area contributed by atoms with Crippen LogP contribution in [0.5, 0.6) is 0 Å². The Morgan fingerprint density at radius 3 is 1.26 bits per heavy atom. The average molecular weight is 1060 g/mol. The number of allylic oxidation sites excluding steroid dienone is 19. The quantitative estimate of drug-likeness (QED) is 0.0261. The molecule has 1 fully saturated rings. The second-order valence-electron chi connectivity index (χ2n) is 20.7. The summed E-state index contributed by atoms with van der Waals surface area (Å²) in [4.78, 5) is 13.0. The summed E-state index contributed by atoms with van der Waals surface area (Å²) in [5.74, 6) is -0.194. The molecule has 0 radical (unpaired) electrons. The fourth-order valence-electron chi connectivity index (χ4n) is 8.93. The first-order valence-electron chi connectivity index (χ1n) is 30.8. The Kier molecular flexibility index (Phi) is 51.0. The zero-order valence-corrected chi connectivity index (χ0v) is 48.2. The van der Waals surface area contributed by atoms with E-state index in [9.17, 15) is 30.3 Å². The molecule has 0 aromatic heterocycles. The summed E-state index contributed by atoms with van der Waals surface area (Å²) < 4.78 is 11.2. The van der Waals surface area contributed by atoms with Crippen LogP contribution in [0, 0.1) is 0 Å². The number of ether oxygens (including phenoxy) is 2. The van der Waals surface area contributed by atoms with Gasteiger partial charge in [-0.2, -0.15) is 0 Å². The van der Waals surface area contributed by atoms with E-state index in [1.807, 2.05) is 6.08 Å². The maximum atomic E-state index is 13.0. The highest BCUT2D eigenvalue weighted by atomic mass is 16.7. The summed E-state index contributed by atoms with van der Waals surface area (Å²) in [6, 6.07) is -0.833. The molecule has 0 aromatic rings. The first kappa shape index (κ1) is 70.6. The van der Waals surface area contributed by atoms with Gasteiger partial charge < -0.3 is 40.3 Å². The largest absolute Gasteiger partial charge is 0.394 e. The van der Waals surface area contributed by atoms with E-state index >= 15 is 0 Å². The van der Waals surface area contributed by atoms with Crippen molar-refractivity contribution >= 4 is 5.91 Å². The van der Waals surface area contributed by atoms with E-state index in [1.165, 1.54) is 122 Å². The lowest BCUT2D eigenvalue weighted by atomic mass is 9.99. The predicted octanol–water partition coefficient (Wildman–Crippen LogP) is 15.9. The van der Waals surface area contributed by atoms with Crippen LogP contribution in [0.4, 0.5) is 0 Å². The van der Waals surface area contributed by atoms with Gasteiger partial charge in [0.1, 0.15) is 24.4 Å². The van der Waals surface area contributed by atoms with Crippen LogP contribution < -0.4 is 5.32 Å². The molecule has 0 bridgehead atoms. The Hall–Kier alpha value is -3.41. The number of amides is 1. The van der Waals surface area contributed by atoms with E-state index in [4.69, 9.17) is 9.47 Å². The second kappa shape index (κ2) is 54.9. The zero-order valence-electron chi connectivity index (χ0n) is 48.2. The van der Waals surface area contributed by atoms with E-state index in [2.05, 4.69) is 129 Å². The minimum absolute atomic E-state index is 0.194. The minimum atomic E-state index is -1.58. The summed E-state index contributed by atoms with van der Waals surface area (Å²) in [6.45, 7) is 3.61. The lowest BCUT2D eigenvalue weighted by Gasteiger charge is -2.40. The molecule has 7 unspecified atom stereocenters. The molecular formula is C67H113NO8. The van der Waals surface area contributed by atoms with Gasteiger partial charge >= 0.3 is 0 Å². The van der Waals surface area contributed by atoms with Gasteiger partial charge in [0.2, 0.25) is 5.91 Å². The molecular weight excluding hydrogens is 947 g/mol. The van der Waals surface area contributed by atoms with Crippen LogP contribution in [0.15, 0.2) is 122 Å². The third-order valence-corrected chi connectivity index (χ3v) is 13.7. The maximum absolute atomic E-state index is 13.0. The van der Waals surface area contributed by atoms with Gasteiger partial charge in [-0.3, -0.25) is 4.79 Å². The third-order valence-electron chi connectivity index (χ3n) is 13.7. The third kappa shape index (κ3) is 43.6. The summed E-state index contributed by atoms with van der Waals surface area (Å²) in [7, 11) is 0. The summed E-state index contributed by atoms with van der Waals surface area (Å²) in [6.07, 6.45) is 75.7. The van der Waals surface area contributed by atoms with Crippen LogP contribution in [0.25, 0.3) is 0 Å². The van der Waals surface area contributed by atoms with E-state index in [-0.39, 0.29) is 12.5 Å². The number of nitrogens with one attached hydrogen (secondary N) is 1. The Morgan fingerprint density at radius 2 is 0.829 bits per heavy atom. The first-order valence-corrected chi connectivity index (χ1v) is 30.8. The molecule has 1 rings (SSSR count). The second-order valence-corrected chi connectivity index (χ2v) is 20.7. The van der Waals surface area contributed by atoms with Gasteiger partial charge in [0.25, 0.3) is 0 Å². The Morgan fingerprint density at radius 1 is 0.461 bits per heavy atom. The lowest BCUT2D eigenvalue weighted by molar-refractivity contribution is -0.302. The van der Waals surface area contributed by atoms with Crippen LogP contribution in [0.1, 0.15) is 239 Å².